The van der Waals surface area contributed by atoms with Gasteiger partial charge in [0, 0.05) is 6.54 Å². The maximum atomic E-state index is 11.9. The molecule has 1 unspecified atom stereocenters. The third kappa shape index (κ3) is 4.80. The quantitative estimate of drug-likeness (QED) is 0.697. The second kappa shape index (κ2) is 8.44. The molecule has 26 heavy (non-hydrogen) atoms. The number of fused-ring (bicyclic) bond motifs is 1. The lowest BCUT2D eigenvalue weighted by atomic mass is 10.1. The van der Waals surface area contributed by atoms with Gasteiger partial charge in [0.15, 0.2) is 11.5 Å². The molecule has 1 amide bonds. The standard InChI is InChI=1S/C19H21NO6/c21-14-2-4-15(5-3-14)24-8-7-19(23)20-12-16(22)13-1-6-17-18(11-13)26-10-9-25-17/h1-6,11,16,21-22H,7-10,12H2,(H,20,23). The number of aliphatic hydroxyl groups excluding tert-OH is 1. The van der Waals surface area contributed by atoms with E-state index in [9.17, 15) is 15.0 Å². The maximum Gasteiger partial charge on any atom is 0.223 e. The van der Waals surface area contributed by atoms with Crippen LogP contribution in [0.1, 0.15) is 18.1 Å². The Morgan fingerprint density at radius 1 is 1.12 bits per heavy atom. The fourth-order valence-corrected chi connectivity index (χ4v) is 2.49. The van der Waals surface area contributed by atoms with Crippen LogP contribution in [0.25, 0.3) is 0 Å². The molecule has 0 saturated heterocycles. The molecule has 1 heterocycles. The number of benzene rings is 2. The SMILES string of the molecule is O=C(CCOc1ccc(O)cc1)NCC(O)c1ccc2c(c1)OCCO2. The molecule has 0 spiro atoms. The van der Waals surface area contributed by atoms with Gasteiger partial charge in [0.2, 0.25) is 5.91 Å². The summed E-state index contributed by atoms with van der Waals surface area (Å²) in [6.07, 6.45) is -0.679. The number of carbonyl (C=O) groups excluding carboxylic acids is 1. The topological polar surface area (TPSA) is 97.3 Å². The largest absolute Gasteiger partial charge is 0.508 e. The zero-order chi connectivity index (χ0) is 18.4. The van der Waals surface area contributed by atoms with Crippen molar-refractivity contribution >= 4 is 5.91 Å². The van der Waals surface area contributed by atoms with Crippen LogP contribution in [0.5, 0.6) is 23.0 Å². The van der Waals surface area contributed by atoms with Crippen LogP contribution in [-0.2, 0) is 4.79 Å². The number of carbonyl (C=O) groups is 1. The van der Waals surface area contributed by atoms with Crippen molar-refractivity contribution in [3.63, 3.8) is 0 Å². The Labute approximate surface area is 151 Å². The van der Waals surface area contributed by atoms with Crippen LogP contribution >= 0.6 is 0 Å². The van der Waals surface area contributed by atoms with Crippen molar-refractivity contribution in [3.05, 3.63) is 48.0 Å². The molecule has 1 atom stereocenters. The summed E-state index contributed by atoms with van der Waals surface area (Å²) in [6, 6.07) is 11.5. The Bertz CT molecular complexity index is 746. The molecule has 0 bridgehead atoms. The molecule has 7 heteroatoms. The van der Waals surface area contributed by atoms with Gasteiger partial charge in [-0.3, -0.25) is 4.79 Å². The molecule has 0 radical (unpaired) electrons. The van der Waals surface area contributed by atoms with Gasteiger partial charge in [0.25, 0.3) is 0 Å². The lowest BCUT2D eigenvalue weighted by molar-refractivity contribution is -0.122. The highest BCUT2D eigenvalue weighted by Crippen LogP contribution is 2.32. The van der Waals surface area contributed by atoms with Crippen molar-refractivity contribution < 1.29 is 29.2 Å². The first-order chi connectivity index (χ1) is 12.6. The van der Waals surface area contributed by atoms with Gasteiger partial charge < -0.3 is 29.7 Å². The maximum absolute atomic E-state index is 11.9. The normalized spacial score (nSPS) is 13.7. The number of rotatable bonds is 7. The number of phenols is 1. The number of nitrogens with one attached hydrogen (secondary N) is 1. The van der Waals surface area contributed by atoms with Crippen molar-refractivity contribution in [3.8, 4) is 23.0 Å². The molecule has 3 rings (SSSR count). The summed E-state index contributed by atoms with van der Waals surface area (Å²) in [5.74, 6) is 1.76. The van der Waals surface area contributed by atoms with Crippen LogP contribution in [0.2, 0.25) is 0 Å². The first-order valence-electron chi connectivity index (χ1n) is 8.38. The second-order valence-electron chi connectivity index (χ2n) is 5.82. The summed E-state index contributed by atoms with van der Waals surface area (Å²) in [4.78, 5) is 11.9. The number of aromatic hydroxyl groups is 1. The molecule has 1 aliphatic heterocycles. The van der Waals surface area contributed by atoms with Gasteiger partial charge in [-0.25, -0.2) is 0 Å². The highest BCUT2D eigenvalue weighted by Gasteiger charge is 2.16. The Hall–Kier alpha value is -2.93. The van der Waals surface area contributed by atoms with Crippen molar-refractivity contribution in [2.24, 2.45) is 0 Å². The summed E-state index contributed by atoms with van der Waals surface area (Å²) >= 11 is 0. The molecule has 0 aromatic heterocycles. The molecule has 0 aliphatic carbocycles. The van der Waals surface area contributed by atoms with E-state index < -0.39 is 6.10 Å². The van der Waals surface area contributed by atoms with Gasteiger partial charge in [-0.15, -0.1) is 0 Å². The average molecular weight is 359 g/mol. The first-order valence-corrected chi connectivity index (χ1v) is 8.38. The van der Waals surface area contributed by atoms with Gasteiger partial charge in [-0.2, -0.15) is 0 Å². The molecule has 2 aromatic carbocycles. The lowest BCUT2D eigenvalue weighted by Gasteiger charge is -2.20. The molecule has 0 saturated carbocycles. The van der Waals surface area contributed by atoms with E-state index in [-0.39, 0.29) is 31.2 Å². The highest BCUT2D eigenvalue weighted by atomic mass is 16.6. The summed E-state index contributed by atoms with van der Waals surface area (Å²) in [6.45, 7) is 1.29. The number of aliphatic hydroxyl groups is 1. The van der Waals surface area contributed by atoms with Crippen LogP contribution in [0, 0.1) is 0 Å². The highest BCUT2D eigenvalue weighted by molar-refractivity contribution is 5.76. The van der Waals surface area contributed by atoms with E-state index in [1.807, 2.05) is 0 Å². The van der Waals surface area contributed by atoms with Crippen LogP contribution in [0.15, 0.2) is 42.5 Å². The molecule has 138 valence electrons. The van der Waals surface area contributed by atoms with Crippen LogP contribution in [-0.4, -0.2) is 42.5 Å². The van der Waals surface area contributed by atoms with Gasteiger partial charge in [-0.05, 0) is 42.0 Å². The summed E-state index contributed by atoms with van der Waals surface area (Å²) < 4.78 is 16.3. The Morgan fingerprint density at radius 3 is 2.62 bits per heavy atom. The minimum Gasteiger partial charge on any atom is -0.508 e. The van der Waals surface area contributed by atoms with Crippen LogP contribution in [0.4, 0.5) is 0 Å². The van der Waals surface area contributed by atoms with Crippen molar-refractivity contribution in [2.75, 3.05) is 26.4 Å². The van der Waals surface area contributed by atoms with Crippen LogP contribution < -0.4 is 19.5 Å². The van der Waals surface area contributed by atoms with E-state index in [2.05, 4.69) is 5.32 Å². The van der Waals surface area contributed by atoms with Gasteiger partial charge in [0.05, 0.1) is 19.1 Å². The molecule has 2 aromatic rings. The number of ether oxygens (including phenoxy) is 3. The summed E-state index contributed by atoms with van der Waals surface area (Å²) in [5.41, 5.74) is 0.648. The van der Waals surface area contributed by atoms with Gasteiger partial charge in [0.1, 0.15) is 24.7 Å². The molecule has 1 aliphatic rings. The zero-order valence-electron chi connectivity index (χ0n) is 14.2. The lowest BCUT2D eigenvalue weighted by Crippen LogP contribution is -2.29. The zero-order valence-corrected chi connectivity index (χ0v) is 14.2. The fraction of sp³-hybridized carbons (Fsp3) is 0.316. The minimum atomic E-state index is -0.840. The Balaban J connectivity index is 1.41. The van der Waals surface area contributed by atoms with E-state index >= 15 is 0 Å². The Kier molecular flexibility index (Phi) is 5.80. The number of amides is 1. The number of phenolic OH excluding ortho intramolecular Hbond substituents is 1. The smallest absolute Gasteiger partial charge is 0.223 e. The number of hydrogen-bond donors (Lipinski definition) is 3. The molecule has 3 N–H and O–H groups in total. The summed E-state index contributed by atoms with van der Waals surface area (Å²) in [5, 5.41) is 22.1. The molecular formula is C19H21NO6. The predicted molar refractivity (Wildman–Crippen MR) is 93.6 cm³/mol. The van der Waals surface area contributed by atoms with E-state index in [0.717, 1.165) is 0 Å². The molecule has 7 nitrogen and oxygen atoms in total. The van der Waals surface area contributed by atoms with E-state index in [1.165, 1.54) is 12.1 Å². The van der Waals surface area contributed by atoms with E-state index in [4.69, 9.17) is 14.2 Å². The van der Waals surface area contributed by atoms with Crippen molar-refractivity contribution in [2.45, 2.75) is 12.5 Å². The van der Waals surface area contributed by atoms with Gasteiger partial charge in [-0.1, -0.05) is 6.07 Å². The van der Waals surface area contributed by atoms with Crippen molar-refractivity contribution in [1.82, 2.24) is 5.32 Å². The second-order valence-corrected chi connectivity index (χ2v) is 5.82. The monoisotopic (exact) mass is 359 g/mol. The average Bonchev–Trinajstić information content (AvgIpc) is 2.67. The summed E-state index contributed by atoms with van der Waals surface area (Å²) in [7, 11) is 0. The Morgan fingerprint density at radius 2 is 1.85 bits per heavy atom. The minimum absolute atomic E-state index is 0.0949. The predicted octanol–water partition coefficient (Wildman–Crippen LogP) is 1.78. The van der Waals surface area contributed by atoms with Crippen molar-refractivity contribution in [1.29, 1.82) is 0 Å². The van der Waals surface area contributed by atoms with Gasteiger partial charge >= 0.3 is 0 Å². The third-order valence-corrected chi connectivity index (χ3v) is 3.88. The molecular weight excluding hydrogens is 338 g/mol. The number of hydrogen-bond acceptors (Lipinski definition) is 6. The van der Waals surface area contributed by atoms with E-state index in [1.54, 1.807) is 30.3 Å². The van der Waals surface area contributed by atoms with E-state index in [0.29, 0.717) is 36.0 Å². The molecule has 0 fully saturated rings. The third-order valence-electron chi connectivity index (χ3n) is 3.88. The fourth-order valence-electron chi connectivity index (χ4n) is 2.49. The van der Waals surface area contributed by atoms with Crippen LogP contribution in [0.3, 0.4) is 0 Å². The first kappa shape index (κ1) is 17.9.